The Morgan fingerprint density at radius 2 is 2.11 bits per heavy atom. The lowest BCUT2D eigenvalue weighted by Crippen LogP contribution is -2.33. The van der Waals surface area contributed by atoms with Crippen LogP contribution in [0.4, 0.5) is 0 Å². The second-order valence-corrected chi connectivity index (χ2v) is 2.94. The molecule has 0 aromatic heterocycles. The molecular weight excluding hydrogens is 120 g/mol. The van der Waals surface area contributed by atoms with E-state index in [1.165, 1.54) is 0 Å². The standard InChI is InChI=1S/C6H10O3/c7-6(8)2-1-4-5(3-6)9-4/h4-5,7-8H,1-3H2. The fourth-order valence-corrected chi connectivity index (χ4v) is 1.41. The first kappa shape index (κ1) is 5.65. The van der Waals surface area contributed by atoms with Gasteiger partial charge in [-0.05, 0) is 6.42 Å². The number of hydrogen-bond donors (Lipinski definition) is 2. The molecule has 2 atom stereocenters. The van der Waals surface area contributed by atoms with Crippen molar-refractivity contribution < 1.29 is 14.9 Å². The first-order chi connectivity index (χ1) is 4.17. The van der Waals surface area contributed by atoms with Crippen molar-refractivity contribution in [2.24, 2.45) is 0 Å². The summed E-state index contributed by atoms with van der Waals surface area (Å²) in [6.07, 6.45) is 2.16. The maximum absolute atomic E-state index is 9.05. The molecule has 3 heteroatoms. The van der Waals surface area contributed by atoms with Crippen LogP contribution in [0.2, 0.25) is 0 Å². The zero-order valence-corrected chi connectivity index (χ0v) is 5.08. The van der Waals surface area contributed by atoms with Crippen LogP contribution >= 0.6 is 0 Å². The van der Waals surface area contributed by atoms with Gasteiger partial charge in [0.2, 0.25) is 0 Å². The summed E-state index contributed by atoms with van der Waals surface area (Å²) in [5.41, 5.74) is 0. The second-order valence-electron chi connectivity index (χ2n) is 2.94. The zero-order valence-electron chi connectivity index (χ0n) is 5.08. The molecule has 0 amide bonds. The van der Waals surface area contributed by atoms with Crippen LogP contribution in [-0.2, 0) is 4.74 Å². The van der Waals surface area contributed by atoms with Gasteiger partial charge in [-0.3, -0.25) is 0 Å². The number of rotatable bonds is 0. The summed E-state index contributed by atoms with van der Waals surface area (Å²) in [7, 11) is 0. The molecule has 3 nitrogen and oxygen atoms in total. The lowest BCUT2D eigenvalue weighted by Gasteiger charge is -2.22. The molecule has 9 heavy (non-hydrogen) atoms. The molecule has 2 unspecified atom stereocenters. The second kappa shape index (κ2) is 1.48. The molecule has 2 rings (SSSR count). The van der Waals surface area contributed by atoms with Crippen molar-refractivity contribution in [2.45, 2.75) is 37.3 Å². The summed E-state index contributed by atoms with van der Waals surface area (Å²) >= 11 is 0. The van der Waals surface area contributed by atoms with E-state index in [1.54, 1.807) is 0 Å². The lowest BCUT2D eigenvalue weighted by molar-refractivity contribution is -0.176. The Hall–Kier alpha value is -0.120. The normalized spacial score (nSPS) is 46.0. The van der Waals surface area contributed by atoms with Crippen molar-refractivity contribution in [3.63, 3.8) is 0 Å². The van der Waals surface area contributed by atoms with E-state index in [0.29, 0.717) is 18.9 Å². The zero-order chi connectivity index (χ0) is 6.48. The molecule has 1 saturated carbocycles. The Balaban J connectivity index is 2.01. The molecule has 0 bridgehead atoms. The summed E-state index contributed by atoms with van der Waals surface area (Å²) < 4.78 is 5.09. The van der Waals surface area contributed by atoms with Gasteiger partial charge >= 0.3 is 0 Å². The highest BCUT2D eigenvalue weighted by Crippen LogP contribution is 2.40. The molecule has 1 saturated heterocycles. The Labute approximate surface area is 53.3 Å². The molecule has 0 radical (unpaired) electrons. The Kier molecular flexibility index (Phi) is 0.928. The molecule has 0 spiro atoms. The van der Waals surface area contributed by atoms with Gasteiger partial charge in [-0.1, -0.05) is 0 Å². The van der Waals surface area contributed by atoms with Gasteiger partial charge in [0.1, 0.15) is 0 Å². The molecule has 1 aliphatic carbocycles. The van der Waals surface area contributed by atoms with E-state index in [0.717, 1.165) is 6.42 Å². The van der Waals surface area contributed by atoms with Crippen molar-refractivity contribution >= 4 is 0 Å². The average molecular weight is 130 g/mol. The first-order valence-electron chi connectivity index (χ1n) is 3.28. The minimum atomic E-state index is -1.43. The molecule has 1 aliphatic heterocycles. The summed E-state index contributed by atoms with van der Waals surface area (Å²) in [5.74, 6) is -1.43. The van der Waals surface area contributed by atoms with E-state index < -0.39 is 5.79 Å². The Morgan fingerprint density at radius 3 is 2.67 bits per heavy atom. The molecule has 52 valence electrons. The van der Waals surface area contributed by atoms with Crippen molar-refractivity contribution in [2.75, 3.05) is 0 Å². The van der Waals surface area contributed by atoms with Crippen LogP contribution in [0.3, 0.4) is 0 Å². The predicted octanol–water partition coefficient (Wildman–Crippen LogP) is -0.381. The molecule has 0 aromatic rings. The van der Waals surface area contributed by atoms with Crippen molar-refractivity contribution in [3.05, 3.63) is 0 Å². The van der Waals surface area contributed by atoms with E-state index in [4.69, 9.17) is 14.9 Å². The number of hydrogen-bond acceptors (Lipinski definition) is 3. The summed E-state index contributed by atoms with van der Waals surface area (Å²) in [6, 6.07) is 0. The van der Waals surface area contributed by atoms with Gasteiger partial charge in [0.05, 0.1) is 12.2 Å². The van der Waals surface area contributed by atoms with Crippen LogP contribution in [0.15, 0.2) is 0 Å². The quantitative estimate of drug-likeness (QED) is 0.347. The number of fused-ring (bicyclic) bond motifs is 1. The Morgan fingerprint density at radius 1 is 1.33 bits per heavy atom. The molecular formula is C6H10O3. The monoisotopic (exact) mass is 130 g/mol. The highest BCUT2D eigenvalue weighted by atomic mass is 16.6. The predicted molar refractivity (Wildman–Crippen MR) is 29.7 cm³/mol. The first-order valence-corrected chi connectivity index (χ1v) is 3.28. The van der Waals surface area contributed by atoms with Gasteiger partial charge < -0.3 is 14.9 Å². The van der Waals surface area contributed by atoms with Gasteiger partial charge in [-0.2, -0.15) is 0 Å². The van der Waals surface area contributed by atoms with Crippen LogP contribution in [0, 0.1) is 0 Å². The van der Waals surface area contributed by atoms with E-state index in [-0.39, 0.29) is 6.10 Å². The summed E-state index contributed by atoms with van der Waals surface area (Å²) in [6.45, 7) is 0. The van der Waals surface area contributed by atoms with E-state index >= 15 is 0 Å². The van der Waals surface area contributed by atoms with Crippen molar-refractivity contribution in [3.8, 4) is 0 Å². The largest absolute Gasteiger partial charge is 0.369 e. The minimum absolute atomic E-state index is 0.147. The van der Waals surface area contributed by atoms with E-state index in [9.17, 15) is 0 Å². The molecule has 2 aliphatic rings. The lowest BCUT2D eigenvalue weighted by atomic mass is 9.95. The fraction of sp³-hybridized carbons (Fsp3) is 1.00. The molecule has 1 heterocycles. The van der Waals surface area contributed by atoms with Crippen LogP contribution in [0.5, 0.6) is 0 Å². The highest BCUT2D eigenvalue weighted by Gasteiger charge is 2.49. The highest BCUT2D eigenvalue weighted by molar-refractivity contribution is 4.94. The number of epoxide rings is 1. The van der Waals surface area contributed by atoms with Crippen LogP contribution in [0.25, 0.3) is 0 Å². The molecule has 2 fully saturated rings. The SMILES string of the molecule is OC1(O)CCC2OC2C1. The third-order valence-corrected chi connectivity index (χ3v) is 2.04. The third-order valence-electron chi connectivity index (χ3n) is 2.04. The third kappa shape index (κ3) is 0.956. The van der Waals surface area contributed by atoms with Gasteiger partial charge in [0.15, 0.2) is 5.79 Å². The van der Waals surface area contributed by atoms with Crippen molar-refractivity contribution in [1.29, 1.82) is 0 Å². The van der Waals surface area contributed by atoms with E-state index in [1.807, 2.05) is 0 Å². The maximum Gasteiger partial charge on any atom is 0.165 e. The maximum atomic E-state index is 9.05. The summed E-state index contributed by atoms with van der Waals surface area (Å²) in [5, 5.41) is 18.1. The summed E-state index contributed by atoms with van der Waals surface area (Å²) in [4.78, 5) is 0. The number of aliphatic hydroxyl groups is 2. The van der Waals surface area contributed by atoms with Crippen LogP contribution in [0.1, 0.15) is 19.3 Å². The van der Waals surface area contributed by atoms with Gasteiger partial charge in [0, 0.05) is 12.8 Å². The van der Waals surface area contributed by atoms with Gasteiger partial charge in [0.25, 0.3) is 0 Å². The smallest absolute Gasteiger partial charge is 0.165 e. The van der Waals surface area contributed by atoms with Gasteiger partial charge in [-0.15, -0.1) is 0 Å². The van der Waals surface area contributed by atoms with Crippen LogP contribution < -0.4 is 0 Å². The number of ether oxygens (including phenoxy) is 1. The van der Waals surface area contributed by atoms with Crippen LogP contribution in [-0.4, -0.2) is 28.2 Å². The van der Waals surface area contributed by atoms with Gasteiger partial charge in [-0.25, -0.2) is 0 Å². The fourth-order valence-electron chi connectivity index (χ4n) is 1.41. The average Bonchev–Trinajstić information content (AvgIpc) is 2.41. The minimum Gasteiger partial charge on any atom is -0.369 e. The molecule has 2 N–H and O–H groups in total. The molecule has 0 aromatic carbocycles. The van der Waals surface area contributed by atoms with Crippen molar-refractivity contribution in [1.82, 2.24) is 0 Å². The topological polar surface area (TPSA) is 53.0 Å². The Bertz CT molecular complexity index is 132. The van der Waals surface area contributed by atoms with E-state index in [2.05, 4.69) is 0 Å².